The molecule has 0 amide bonds. The van der Waals surface area contributed by atoms with Crippen molar-refractivity contribution in [2.24, 2.45) is 0 Å². The normalized spacial score (nSPS) is 21.4. The van der Waals surface area contributed by atoms with Crippen LogP contribution in [0.15, 0.2) is 0 Å². The summed E-state index contributed by atoms with van der Waals surface area (Å²) >= 11 is 0. The van der Waals surface area contributed by atoms with Crippen molar-refractivity contribution in [3.8, 4) is 0 Å². The Balaban J connectivity index is 2.27. The van der Waals surface area contributed by atoms with Gasteiger partial charge in [-0.1, -0.05) is 6.92 Å². The predicted molar refractivity (Wildman–Crippen MR) is 80.7 cm³/mol. The number of piperazine rings is 1. The highest BCUT2D eigenvalue weighted by molar-refractivity contribution is 5.66. The lowest BCUT2D eigenvalue weighted by Gasteiger charge is -2.40. The van der Waals surface area contributed by atoms with E-state index in [0.29, 0.717) is 12.1 Å². The third-order valence-corrected chi connectivity index (χ3v) is 4.07. The Morgan fingerprint density at radius 3 is 2.58 bits per heavy atom. The van der Waals surface area contributed by atoms with Crippen molar-refractivity contribution in [3.05, 3.63) is 5.69 Å². The van der Waals surface area contributed by atoms with E-state index in [9.17, 15) is 0 Å². The summed E-state index contributed by atoms with van der Waals surface area (Å²) in [5.41, 5.74) is 8.02. The molecule has 2 N–H and O–H groups in total. The van der Waals surface area contributed by atoms with Gasteiger partial charge in [-0.15, -0.1) is 0 Å². The van der Waals surface area contributed by atoms with E-state index in [1.54, 1.807) is 0 Å². The summed E-state index contributed by atoms with van der Waals surface area (Å²) in [7, 11) is 0. The molecule has 2 rings (SSSR count). The molecule has 1 aliphatic heterocycles. The number of nitrogens with zero attached hydrogens (tertiary/aromatic N) is 4. The third kappa shape index (κ3) is 2.56. The molecule has 0 aliphatic carbocycles. The number of hydrogen-bond acceptors (Lipinski definition) is 4. The van der Waals surface area contributed by atoms with Gasteiger partial charge in [0.2, 0.25) is 0 Å². The molecule has 5 heteroatoms. The zero-order valence-electron chi connectivity index (χ0n) is 12.8. The molecule has 0 saturated carbocycles. The van der Waals surface area contributed by atoms with E-state index in [-0.39, 0.29) is 0 Å². The molecule has 5 nitrogen and oxygen atoms in total. The number of likely N-dealkylation sites (N-methyl/N-ethyl adjacent to an activating group) is 1. The van der Waals surface area contributed by atoms with Gasteiger partial charge in [0.1, 0.15) is 0 Å². The first-order valence-corrected chi connectivity index (χ1v) is 7.29. The van der Waals surface area contributed by atoms with E-state index >= 15 is 0 Å². The quantitative estimate of drug-likeness (QED) is 0.906. The van der Waals surface area contributed by atoms with Gasteiger partial charge in [0.05, 0.1) is 11.4 Å². The van der Waals surface area contributed by atoms with Crippen molar-refractivity contribution in [1.29, 1.82) is 0 Å². The van der Waals surface area contributed by atoms with Crippen LogP contribution in [0.3, 0.4) is 0 Å². The molecular weight excluding hydrogens is 238 g/mol. The average molecular weight is 265 g/mol. The van der Waals surface area contributed by atoms with Crippen molar-refractivity contribution in [1.82, 2.24) is 14.7 Å². The Morgan fingerprint density at radius 2 is 2.05 bits per heavy atom. The van der Waals surface area contributed by atoms with Crippen LogP contribution in [0, 0.1) is 6.92 Å². The Morgan fingerprint density at radius 1 is 1.37 bits per heavy atom. The molecule has 1 atom stereocenters. The van der Waals surface area contributed by atoms with E-state index in [0.717, 1.165) is 43.4 Å². The van der Waals surface area contributed by atoms with E-state index in [2.05, 4.69) is 47.3 Å². The van der Waals surface area contributed by atoms with Gasteiger partial charge >= 0.3 is 0 Å². The van der Waals surface area contributed by atoms with Gasteiger partial charge in [-0.05, 0) is 34.2 Å². The summed E-state index contributed by atoms with van der Waals surface area (Å²) in [5, 5.41) is 4.59. The first-order chi connectivity index (χ1) is 8.95. The fourth-order valence-electron chi connectivity index (χ4n) is 2.88. The monoisotopic (exact) mass is 265 g/mol. The summed E-state index contributed by atoms with van der Waals surface area (Å²) in [4.78, 5) is 4.90. The SMILES string of the molecule is CCN1CCN(c2c(N)c(C)nn2C(C)C)CC1C. The molecule has 1 saturated heterocycles. The Kier molecular flexibility index (Phi) is 4.04. The van der Waals surface area contributed by atoms with E-state index in [4.69, 9.17) is 5.73 Å². The predicted octanol–water partition coefficient (Wildman–Crippen LogP) is 1.89. The Hall–Kier alpha value is -1.23. The molecule has 1 aromatic heterocycles. The molecule has 0 aromatic carbocycles. The topological polar surface area (TPSA) is 50.3 Å². The van der Waals surface area contributed by atoms with Crippen LogP contribution in [0.25, 0.3) is 0 Å². The average Bonchev–Trinajstić information content (AvgIpc) is 2.66. The molecule has 0 spiro atoms. The van der Waals surface area contributed by atoms with Gasteiger partial charge in [0.25, 0.3) is 0 Å². The van der Waals surface area contributed by atoms with Crippen LogP contribution >= 0.6 is 0 Å². The summed E-state index contributed by atoms with van der Waals surface area (Å²) in [6, 6.07) is 0.902. The van der Waals surface area contributed by atoms with E-state index < -0.39 is 0 Å². The van der Waals surface area contributed by atoms with Gasteiger partial charge in [0.15, 0.2) is 5.82 Å². The summed E-state index contributed by atoms with van der Waals surface area (Å²) in [6.07, 6.45) is 0. The zero-order valence-corrected chi connectivity index (χ0v) is 12.8. The standard InChI is InChI=1S/C14H27N5/c1-6-17-7-8-18(9-11(17)4)14-13(15)12(5)16-19(14)10(2)3/h10-11H,6-9,15H2,1-5H3. The molecule has 0 bridgehead atoms. The highest BCUT2D eigenvalue weighted by atomic mass is 15.4. The molecule has 108 valence electrons. The van der Waals surface area contributed by atoms with Gasteiger partial charge in [-0.3, -0.25) is 4.90 Å². The Labute approximate surface area is 116 Å². The number of nitrogen functional groups attached to an aromatic ring is 1. The first-order valence-electron chi connectivity index (χ1n) is 7.29. The van der Waals surface area contributed by atoms with Gasteiger partial charge < -0.3 is 10.6 Å². The lowest BCUT2D eigenvalue weighted by Crippen LogP contribution is -2.52. The fourth-order valence-corrected chi connectivity index (χ4v) is 2.88. The second-order valence-corrected chi connectivity index (χ2v) is 5.78. The maximum absolute atomic E-state index is 6.25. The molecule has 0 radical (unpaired) electrons. The van der Waals surface area contributed by atoms with Gasteiger partial charge in [-0.25, -0.2) is 4.68 Å². The number of hydrogen-bond donors (Lipinski definition) is 1. The van der Waals surface area contributed by atoms with E-state index in [1.165, 1.54) is 0 Å². The van der Waals surface area contributed by atoms with Crippen LogP contribution in [0.5, 0.6) is 0 Å². The second kappa shape index (κ2) is 5.41. The maximum atomic E-state index is 6.25. The Bertz CT molecular complexity index is 437. The molecule has 19 heavy (non-hydrogen) atoms. The summed E-state index contributed by atoms with van der Waals surface area (Å²) < 4.78 is 2.07. The van der Waals surface area contributed by atoms with Crippen molar-refractivity contribution in [2.75, 3.05) is 36.8 Å². The van der Waals surface area contributed by atoms with Crippen LogP contribution in [0.2, 0.25) is 0 Å². The second-order valence-electron chi connectivity index (χ2n) is 5.78. The minimum Gasteiger partial charge on any atom is -0.394 e. The molecule has 1 aliphatic rings. The van der Waals surface area contributed by atoms with Gasteiger partial charge in [0, 0.05) is 31.7 Å². The number of anilines is 2. The first kappa shape index (κ1) is 14.2. The minimum absolute atomic E-state index is 0.338. The van der Waals surface area contributed by atoms with Crippen LogP contribution in [-0.2, 0) is 0 Å². The number of aryl methyl sites for hydroxylation is 1. The molecule has 2 heterocycles. The lowest BCUT2D eigenvalue weighted by molar-refractivity contribution is 0.198. The van der Waals surface area contributed by atoms with Crippen LogP contribution in [-0.4, -0.2) is 46.9 Å². The number of nitrogens with two attached hydrogens (primary N) is 1. The smallest absolute Gasteiger partial charge is 0.151 e. The maximum Gasteiger partial charge on any atom is 0.151 e. The van der Waals surface area contributed by atoms with Crippen LogP contribution in [0.4, 0.5) is 11.5 Å². The summed E-state index contributed by atoms with van der Waals surface area (Å²) in [6.45, 7) is 15.1. The lowest BCUT2D eigenvalue weighted by atomic mass is 10.2. The molecular formula is C14H27N5. The van der Waals surface area contributed by atoms with Crippen molar-refractivity contribution in [2.45, 2.75) is 46.7 Å². The molecule has 1 fully saturated rings. The third-order valence-electron chi connectivity index (χ3n) is 4.07. The summed E-state index contributed by atoms with van der Waals surface area (Å²) in [5.74, 6) is 1.11. The van der Waals surface area contributed by atoms with E-state index in [1.807, 2.05) is 6.92 Å². The van der Waals surface area contributed by atoms with Crippen LogP contribution in [0.1, 0.15) is 39.4 Å². The van der Waals surface area contributed by atoms with Crippen molar-refractivity contribution >= 4 is 11.5 Å². The van der Waals surface area contributed by atoms with Crippen LogP contribution < -0.4 is 10.6 Å². The van der Waals surface area contributed by atoms with Gasteiger partial charge in [-0.2, -0.15) is 5.10 Å². The zero-order chi connectivity index (χ0) is 14.2. The molecule has 1 unspecified atom stereocenters. The largest absolute Gasteiger partial charge is 0.394 e. The highest BCUT2D eigenvalue weighted by Crippen LogP contribution is 2.30. The van der Waals surface area contributed by atoms with Crippen molar-refractivity contribution < 1.29 is 0 Å². The minimum atomic E-state index is 0.338. The highest BCUT2D eigenvalue weighted by Gasteiger charge is 2.27. The fraction of sp³-hybridized carbons (Fsp3) is 0.786. The number of rotatable bonds is 3. The number of aromatic nitrogens is 2. The molecule has 1 aromatic rings. The van der Waals surface area contributed by atoms with Crippen molar-refractivity contribution in [3.63, 3.8) is 0 Å².